The molecule has 2 aromatic rings. The Kier molecular flexibility index (Phi) is 5.21. The van der Waals surface area contributed by atoms with Crippen LogP contribution in [0.25, 0.3) is 0 Å². The molecule has 0 aliphatic carbocycles. The number of methoxy groups -OCH3 is 1. The van der Waals surface area contributed by atoms with Crippen LogP contribution >= 0.6 is 22.9 Å². The number of benzene rings is 1. The molecule has 1 atom stereocenters. The summed E-state index contributed by atoms with van der Waals surface area (Å²) < 4.78 is 4.65. The van der Waals surface area contributed by atoms with E-state index in [9.17, 15) is 9.59 Å². The minimum Gasteiger partial charge on any atom is -0.465 e. The van der Waals surface area contributed by atoms with Crippen molar-refractivity contribution in [2.75, 3.05) is 14.2 Å². The lowest BCUT2D eigenvalue weighted by molar-refractivity contribution is 0.0606. The third kappa shape index (κ3) is 3.48. The fourth-order valence-corrected chi connectivity index (χ4v) is 3.11. The highest BCUT2D eigenvalue weighted by atomic mass is 35.5. The van der Waals surface area contributed by atoms with Gasteiger partial charge in [-0.1, -0.05) is 23.7 Å². The topological polar surface area (TPSA) is 46.6 Å². The van der Waals surface area contributed by atoms with Gasteiger partial charge in [0.2, 0.25) is 0 Å². The van der Waals surface area contributed by atoms with Crippen LogP contribution < -0.4 is 0 Å². The Bertz CT molecular complexity index is 698. The van der Waals surface area contributed by atoms with Crippen molar-refractivity contribution in [3.8, 4) is 0 Å². The second-order valence-electron chi connectivity index (χ2n) is 4.80. The average Bonchev–Trinajstić information content (AvgIpc) is 3.01. The van der Waals surface area contributed by atoms with Crippen LogP contribution in [-0.2, 0) is 4.74 Å². The van der Waals surface area contributed by atoms with E-state index in [2.05, 4.69) is 4.74 Å². The number of hydrogen-bond donors (Lipinski definition) is 0. The minimum absolute atomic E-state index is 0.130. The van der Waals surface area contributed by atoms with Gasteiger partial charge in [-0.3, -0.25) is 4.79 Å². The summed E-state index contributed by atoms with van der Waals surface area (Å²) in [7, 11) is 3.04. The molecule has 6 heteroatoms. The van der Waals surface area contributed by atoms with Gasteiger partial charge in [0.1, 0.15) is 4.88 Å². The number of ether oxygens (including phenoxy) is 1. The van der Waals surface area contributed by atoms with Crippen LogP contribution in [0.4, 0.5) is 0 Å². The van der Waals surface area contributed by atoms with Crippen LogP contribution in [0.1, 0.15) is 37.9 Å². The average molecular weight is 338 g/mol. The Morgan fingerprint density at radius 1 is 1.23 bits per heavy atom. The van der Waals surface area contributed by atoms with Crippen molar-refractivity contribution >= 4 is 34.8 Å². The molecule has 1 aromatic heterocycles. The molecule has 0 saturated carbocycles. The normalized spacial score (nSPS) is 11.8. The van der Waals surface area contributed by atoms with E-state index >= 15 is 0 Å². The van der Waals surface area contributed by atoms with Crippen LogP contribution in [-0.4, -0.2) is 30.9 Å². The molecule has 0 spiro atoms. The molecule has 1 amide bonds. The van der Waals surface area contributed by atoms with Crippen LogP contribution in [0.3, 0.4) is 0 Å². The van der Waals surface area contributed by atoms with Gasteiger partial charge in [0, 0.05) is 12.1 Å². The quantitative estimate of drug-likeness (QED) is 0.791. The summed E-state index contributed by atoms with van der Waals surface area (Å²) in [5.41, 5.74) is 0.952. The van der Waals surface area contributed by atoms with Crippen molar-refractivity contribution in [3.63, 3.8) is 0 Å². The molecule has 1 heterocycles. The van der Waals surface area contributed by atoms with Gasteiger partial charge in [0.15, 0.2) is 0 Å². The van der Waals surface area contributed by atoms with Gasteiger partial charge in [-0.15, -0.1) is 11.3 Å². The van der Waals surface area contributed by atoms with Crippen molar-refractivity contribution in [2.24, 2.45) is 0 Å². The van der Waals surface area contributed by atoms with Crippen LogP contribution in [0.15, 0.2) is 36.4 Å². The zero-order valence-electron chi connectivity index (χ0n) is 12.5. The fraction of sp³-hybridized carbons (Fsp3) is 0.250. The lowest BCUT2D eigenvalue weighted by Gasteiger charge is -2.25. The van der Waals surface area contributed by atoms with Gasteiger partial charge in [0.25, 0.3) is 5.91 Å². The van der Waals surface area contributed by atoms with E-state index in [1.54, 1.807) is 30.1 Å². The number of halogens is 1. The number of amides is 1. The second-order valence-corrected chi connectivity index (χ2v) is 6.32. The van der Waals surface area contributed by atoms with E-state index in [4.69, 9.17) is 11.6 Å². The molecule has 1 unspecified atom stereocenters. The Morgan fingerprint density at radius 3 is 2.55 bits per heavy atom. The fourth-order valence-electron chi connectivity index (χ4n) is 2.00. The van der Waals surface area contributed by atoms with Crippen molar-refractivity contribution in [1.29, 1.82) is 0 Å². The number of nitrogens with zero attached hydrogens (tertiary/aromatic N) is 1. The summed E-state index contributed by atoms with van der Waals surface area (Å²) in [5.74, 6) is -0.581. The maximum atomic E-state index is 12.5. The van der Waals surface area contributed by atoms with Gasteiger partial charge < -0.3 is 9.64 Å². The second kappa shape index (κ2) is 6.94. The first-order chi connectivity index (χ1) is 10.4. The predicted octanol–water partition coefficient (Wildman–Crippen LogP) is 4.02. The van der Waals surface area contributed by atoms with Crippen LogP contribution in [0, 0.1) is 0 Å². The zero-order chi connectivity index (χ0) is 16.3. The first-order valence-corrected chi connectivity index (χ1v) is 7.84. The summed E-state index contributed by atoms with van der Waals surface area (Å²) in [6.45, 7) is 1.93. The predicted molar refractivity (Wildman–Crippen MR) is 87.6 cm³/mol. The number of thiophene rings is 1. The highest BCUT2D eigenvalue weighted by Crippen LogP contribution is 2.25. The minimum atomic E-state index is -0.436. The lowest BCUT2D eigenvalue weighted by atomic mass is 10.1. The van der Waals surface area contributed by atoms with E-state index in [-0.39, 0.29) is 11.9 Å². The number of rotatable bonds is 4. The Hall–Kier alpha value is -1.85. The van der Waals surface area contributed by atoms with Crippen LogP contribution in [0.5, 0.6) is 0 Å². The van der Waals surface area contributed by atoms with Crippen molar-refractivity contribution in [1.82, 2.24) is 4.90 Å². The maximum absolute atomic E-state index is 12.5. The van der Waals surface area contributed by atoms with E-state index in [1.165, 1.54) is 7.11 Å². The van der Waals surface area contributed by atoms with Gasteiger partial charge in [0.05, 0.1) is 18.0 Å². The summed E-state index contributed by atoms with van der Waals surface area (Å²) in [5, 5.41) is 0.634. The summed E-state index contributed by atoms with van der Waals surface area (Å²) in [4.78, 5) is 26.5. The zero-order valence-corrected chi connectivity index (χ0v) is 14.1. The molecule has 4 nitrogen and oxygen atoms in total. The van der Waals surface area contributed by atoms with Gasteiger partial charge in [-0.25, -0.2) is 4.79 Å². The molecule has 0 radical (unpaired) electrons. The number of carbonyl (C=O) groups excluding carboxylic acids is 2. The number of esters is 1. The molecule has 1 aromatic carbocycles. The molecule has 0 aliphatic rings. The molecule has 0 bridgehead atoms. The van der Waals surface area contributed by atoms with E-state index in [0.29, 0.717) is 14.8 Å². The van der Waals surface area contributed by atoms with Gasteiger partial charge in [-0.05, 0) is 36.8 Å². The maximum Gasteiger partial charge on any atom is 0.348 e. The number of carbonyl (C=O) groups is 2. The van der Waals surface area contributed by atoms with Crippen molar-refractivity contribution in [2.45, 2.75) is 13.0 Å². The largest absolute Gasteiger partial charge is 0.465 e. The molecule has 0 aliphatic heterocycles. The Morgan fingerprint density at radius 2 is 1.91 bits per heavy atom. The molecule has 0 N–H and O–H groups in total. The lowest BCUT2D eigenvalue weighted by Crippen LogP contribution is -2.29. The van der Waals surface area contributed by atoms with E-state index < -0.39 is 5.97 Å². The van der Waals surface area contributed by atoms with Crippen molar-refractivity contribution < 1.29 is 14.3 Å². The van der Waals surface area contributed by atoms with Crippen LogP contribution in [0.2, 0.25) is 5.02 Å². The summed E-state index contributed by atoms with van der Waals surface area (Å²) in [6, 6.07) is 10.5. The number of hydrogen-bond acceptors (Lipinski definition) is 4. The highest BCUT2D eigenvalue weighted by molar-refractivity contribution is 7.15. The first-order valence-electron chi connectivity index (χ1n) is 6.64. The Balaban J connectivity index is 2.18. The third-order valence-electron chi connectivity index (χ3n) is 3.44. The van der Waals surface area contributed by atoms with Gasteiger partial charge >= 0.3 is 5.97 Å². The van der Waals surface area contributed by atoms with Crippen molar-refractivity contribution in [3.05, 3.63) is 56.7 Å². The van der Waals surface area contributed by atoms with E-state index in [0.717, 1.165) is 16.9 Å². The molecular weight excluding hydrogens is 322 g/mol. The summed E-state index contributed by atoms with van der Waals surface area (Å²) >= 11 is 7.12. The standard InChI is InChI=1S/C16H16ClNO3S/c1-10(11-5-4-6-12(17)9-11)18(2)15(19)13-7-8-14(22-13)16(20)21-3/h4-10H,1-3H3. The van der Waals surface area contributed by atoms with E-state index in [1.807, 2.05) is 25.1 Å². The monoisotopic (exact) mass is 337 g/mol. The molecule has 2 rings (SSSR count). The molecular formula is C16H16ClNO3S. The summed E-state index contributed by atoms with van der Waals surface area (Å²) in [6.07, 6.45) is 0. The first kappa shape index (κ1) is 16.5. The third-order valence-corrected chi connectivity index (χ3v) is 4.72. The Labute approximate surface area is 138 Å². The molecule has 0 fully saturated rings. The highest BCUT2D eigenvalue weighted by Gasteiger charge is 2.21. The SMILES string of the molecule is COC(=O)c1ccc(C(=O)N(C)C(C)c2cccc(Cl)c2)s1. The molecule has 0 saturated heterocycles. The molecule has 116 valence electrons. The van der Waals surface area contributed by atoms with Gasteiger partial charge in [-0.2, -0.15) is 0 Å². The smallest absolute Gasteiger partial charge is 0.348 e. The molecule has 22 heavy (non-hydrogen) atoms.